The quantitative estimate of drug-likeness (QED) is 0.319. The van der Waals surface area contributed by atoms with E-state index in [1.165, 1.54) is 6.21 Å². The first-order chi connectivity index (χ1) is 7.76. The Morgan fingerprint density at radius 2 is 2.19 bits per heavy atom. The molecule has 0 aromatic heterocycles. The molecule has 0 unspecified atom stereocenters. The second-order valence-electron chi connectivity index (χ2n) is 2.85. The number of carbonyl (C=O) groups excluding carboxylic acids is 1. The molecule has 6 heteroatoms. The molecule has 6 nitrogen and oxygen atoms in total. The van der Waals surface area contributed by atoms with Gasteiger partial charge in [0.05, 0.1) is 13.3 Å². The fourth-order valence-electron chi connectivity index (χ4n) is 0.926. The zero-order valence-electron chi connectivity index (χ0n) is 8.84. The van der Waals surface area contributed by atoms with Crippen LogP contribution in [0.15, 0.2) is 29.4 Å². The van der Waals surface area contributed by atoms with Crippen molar-refractivity contribution in [3.63, 3.8) is 0 Å². The van der Waals surface area contributed by atoms with Gasteiger partial charge in [-0.3, -0.25) is 10.2 Å². The maximum Gasteiger partial charge on any atom is 0.274 e. The molecule has 0 aliphatic rings. The van der Waals surface area contributed by atoms with E-state index < -0.39 is 5.91 Å². The number of hydrazine groups is 1. The van der Waals surface area contributed by atoms with Crippen LogP contribution in [-0.2, 0) is 9.63 Å². The van der Waals surface area contributed by atoms with E-state index in [2.05, 4.69) is 5.16 Å². The highest BCUT2D eigenvalue weighted by atomic mass is 16.6. The molecule has 0 aliphatic carbocycles. The maximum absolute atomic E-state index is 10.7. The van der Waals surface area contributed by atoms with Crippen molar-refractivity contribution in [2.75, 3.05) is 13.7 Å². The molecule has 0 spiro atoms. The van der Waals surface area contributed by atoms with E-state index in [0.717, 1.165) is 11.3 Å². The minimum absolute atomic E-state index is 0.205. The van der Waals surface area contributed by atoms with Gasteiger partial charge in [-0.1, -0.05) is 5.16 Å². The Kier molecular flexibility index (Phi) is 4.81. The van der Waals surface area contributed by atoms with Crippen LogP contribution in [0.5, 0.6) is 5.75 Å². The number of nitrogens with zero attached hydrogens (tertiary/aromatic N) is 1. The molecule has 0 saturated heterocycles. The summed E-state index contributed by atoms with van der Waals surface area (Å²) in [5.74, 6) is 5.18. The van der Waals surface area contributed by atoms with Gasteiger partial charge in [0.1, 0.15) is 5.75 Å². The van der Waals surface area contributed by atoms with Crippen molar-refractivity contribution in [2.24, 2.45) is 11.0 Å². The molecule has 1 aromatic carbocycles. The highest BCUT2D eigenvalue weighted by Gasteiger charge is 1.95. The Hall–Kier alpha value is -2.08. The van der Waals surface area contributed by atoms with Crippen LogP contribution in [0.3, 0.4) is 0 Å². The van der Waals surface area contributed by atoms with Gasteiger partial charge in [0.25, 0.3) is 5.91 Å². The lowest BCUT2D eigenvalue weighted by Crippen LogP contribution is -2.32. The van der Waals surface area contributed by atoms with Crippen LogP contribution in [0.4, 0.5) is 0 Å². The average Bonchev–Trinajstić information content (AvgIpc) is 2.35. The van der Waals surface area contributed by atoms with Gasteiger partial charge < -0.3 is 9.57 Å². The third-order valence-corrected chi connectivity index (χ3v) is 1.75. The zero-order chi connectivity index (χ0) is 11.8. The molecule has 86 valence electrons. The number of amides is 1. The van der Waals surface area contributed by atoms with Crippen molar-refractivity contribution in [3.8, 4) is 5.75 Å². The molecule has 0 saturated carbocycles. The molecule has 0 atom stereocenters. The first kappa shape index (κ1) is 12.0. The van der Waals surface area contributed by atoms with Crippen LogP contribution in [-0.4, -0.2) is 25.8 Å². The summed E-state index contributed by atoms with van der Waals surface area (Å²) in [5.41, 5.74) is 2.77. The van der Waals surface area contributed by atoms with Crippen molar-refractivity contribution in [1.82, 2.24) is 5.43 Å². The number of hydrogen-bond acceptors (Lipinski definition) is 5. The van der Waals surface area contributed by atoms with Crippen LogP contribution in [0.2, 0.25) is 0 Å². The van der Waals surface area contributed by atoms with E-state index >= 15 is 0 Å². The Morgan fingerprint density at radius 3 is 2.75 bits per heavy atom. The predicted octanol–water partition coefficient (Wildman–Crippen LogP) is 0.0356. The van der Waals surface area contributed by atoms with Crippen molar-refractivity contribution >= 4 is 12.1 Å². The maximum atomic E-state index is 10.7. The second-order valence-corrected chi connectivity index (χ2v) is 2.85. The largest absolute Gasteiger partial charge is 0.497 e. The molecule has 0 bridgehead atoms. The van der Waals surface area contributed by atoms with Crippen LogP contribution < -0.4 is 16.0 Å². The molecule has 16 heavy (non-hydrogen) atoms. The minimum Gasteiger partial charge on any atom is -0.497 e. The van der Waals surface area contributed by atoms with Gasteiger partial charge >= 0.3 is 0 Å². The lowest BCUT2D eigenvalue weighted by Gasteiger charge is -1.99. The number of hydrogen-bond donors (Lipinski definition) is 2. The van der Waals surface area contributed by atoms with Gasteiger partial charge in [-0.05, 0) is 29.8 Å². The van der Waals surface area contributed by atoms with Crippen molar-refractivity contribution in [2.45, 2.75) is 0 Å². The van der Waals surface area contributed by atoms with E-state index in [1.54, 1.807) is 19.2 Å². The van der Waals surface area contributed by atoms with Crippen molar-refractivity contribution in [3.05, 3.63) is 29.8 Å². The summed E-state index contributed by atoms with van der Waals surface area (Å²) in [6, 6.07) is 7.23. The summed E-state index contributed by atoms with van der Waals surface area (Å²) in [6.07, 6.45) is 1.49. The summed E-state index contributed by atoms with van der Waals surface area (Å²) < 4.78 is 5.00. The first-order valence-electron chi connectivity index (χ1n) is 4.55. The SMILES string of the molecule is COc1ccc(/C=N\OCC(=O)NN)cc1. The lowest BCUT2D eigenvalue weighted by atomic mass is 10.2. The molecule has 3 N–H and O–H groups in total. The summed E-state index contributed by atoms with van der Waals surface area (Å²) in [7, 11) is 1.59. The zero-order valence-corrected chi connectivity index (χ0v) is 8.84. The third kappa shape index (κ3) is 3.97. The van der Waals surface area contributed by atoms with Gasteiger partial charge in [0, 0.05) is 0 Å². The smallest absolute Gasteiger partial charge is 0.274 e. The van der Waals surface area contributed by atoms with Gasteiger partial charge in [0.2, 0.25) is 0 Å². The van der Waals surface area contributed by atoms with Crippen LogP contribution >= 0.6 is 0 Å². The number of ether oxygens (including phenoxy) is 1. The molecule has 1 amide bonds. The number of benzene rings is 1. The van der Waals surface area contributed by atoms with E-state index in [4.69, 9.17) is 15.4 Å². The van der Waals surface area contributed by atoms with E-state index in [-0.39, 0.29) is 6.61 Å². The number of rotatable bonds is 5. The molecule has 0 aliphatic heterocycles. The third-order valence-electron chi connectivity index (χ3n) is 1.75. The summed E-state index contributed by atoms with van der Waals surface area (Å²) in [5, 5.41) is 3.60. The van der Waals surface area contributed by atoms with Crippen molar-refractivity contribution in [1.29, 1.82) is 0 Å². The number of oxime groups is 1. The Labute approximate surface area is 93.0 Å². The normalized spacial score (nSPS) is 10.1. The highest BCUT2D eigenvalue weighted by molar-refractivity contribution is 5.79. The van der Waals surface area contributed by atoms with Crippen LogP contribution in [0.25, 0.3) is 0 Å². The second kappa shape index (κ2) is 6.41. The Bertz CT molecular complexity index is 362. The van der Waals surface area contributed by atoms with Gasteiger partial charge in [0.15, 0.2) is 6.61 Å². The van der Waals surface area contributed by atoms with Crippen LogP contribution in [0.1, 0.15) is 5.56 Å². The van der Waals surface area contributed by atoms with E-state index in [9.17, 15) is 4.79 Å². The number of methoxy groups -OCH3 is 1. The summed E-state index contributed by atoms with van der Waals surface area (Å²) >= 11 is 0. The molecule has 0 heterocycles. The van der Waals surface area contributed by atoms with E-state index in [0.29, 0.717) is 0 Å². The number of nitrogens with two attached hydrogens (primary N) is 1. The molecular weight excluding hydrogens is 210 g/mol. The minimum atomic E-state index is -0.438. The van der Waals surface area contributed by atoms with Gasteiger partial charge in [-0.25, -0.2) is 5.84 Å². The fourth-order valence-corrected chi connectivity index (χ4v) is 0.926. The monoisotopic (exact) mass is 223 g/mol. The van der Waals surface area contributed by atoms with Crippen molar-refractivity contribution < 1.29 is 14.4 Å². The molecule has 0 fully saturated rings. The molecule has 1 aromatic rings. The predicted molar refractivity (Wildman–Crippen MR) is 58.9 cm³/mol. The Morgan fingerprint density at radius 1 is 1.50 bits per heavy atom. The molecule has 0 radical (unpaired) electrons. The number of nitrogens with one attached hydrogen (secondary N) is 1. The van der Waals surface area contributed by atoms with Gasteiger partial charge in [-0.15, -0.1) is 0 Å². The lowest BCUT2D eigenvalue weighted by molar-refractivity contribution is -0.125. The van der Waals surface area contributed by atoms with Gasteiger partial charge in [-0.2, -0.15) is 0 Å². The summed E-state index contributed by atoms with van der Waals surface area (Å²) in [4.78, 5) is 15.3. The topological polar surface area (TPSA) is 85.9 Å². The highest BCUT2D eigenvalue weighted by Crippen LogP contribution is 2.09. The average molecular weight is 223 g/mol. The molecule has 1 rings (SSSR count). The fraction of sp³-hybridized carbons (Fsp3) is 0.200. The first-order valence-corrected chi connectivity index (χ1v) is 4.55. The number of carbonyl (C=O) groups is 1. The standard InChI is InChI=1S/C10H13N3O3/c1-15-9-4-2-8(3-5-9)6-12-16-7-10(14)13-11/h2-6H,7,11H2,1H3,(H,13,14)/b12-6-. The summed E-state index contributed by atoms with van der Waals surface area (Å²) in [6.45, 7) is -0.205. The van der Waals surface area contributed by atoms with E-state index in [1.807, 2.05) is 17.6 Å². The van der Waals surface area contributed by atoms with Crippen LogP contribution in [0, 0.1) is 0 Å². The Balaban J connectivity index is 2.40. The molecular formula is C10H13N3O3.